The summed E-state index contributed by atoms with van der Waals surface area (Å²) in [6, 6.07) is 5.08. The minimum absolute atomic E-state index is 0.0830. The van der Waals surface area contributed by atoms with E-state index in [0.29, 0.717) is 38.1 Å². The highest BCUT2D eigenvalue weighted by Crippen LogP contribution is 2.29. The first kappa shape index (κ1) is 20.9. The zero-order valence-electron chi connectivity index (χ0n) is 15.8. The number of hydrogen-bond acceptors (Lipinski definition) is 6. The fourth-order valence-corrected chi connectivity index (χ4v) is 3.44. The zero-order valence-corrected chi connectivity index (χ0v) is 16.6. The Balaban J connectivity index is 1.51. The number of carbonyl (C=O) groups is 1. The van der Waals surface area contributed by atoms with Crippen LogP contribution in [-0.2, 0) is 6.18 Å². The molecule has 4 rings (SSSR count). The number of nitrogens with zero attached hydrogens (tertiary/aromatic N) is 5. The van der Waals surface area contributed by atoms with Gasteiger partial charge < -0.3 is 14.2 Å². The van der Waals surface area contributed by atoms with Gasteiger partial charge in [-0.05, 0) is 24.3 Å². The van der Waals surface area contributed by atoms with Crippen molar-refractivity contribution >= 4 is 23.2 Å². The molecule has 0 atom stereocenters. The van der Waals surface area contributed by atoms with Gasteiger partial charge in [0.05, 0.1) is 23.7 Å². The number of alkyl halides is 3. The molecule has 1 aliphatic rings. The quantitative estimate of drug-likeness (QED) is 0.606. The Morgan fingerprint density at radius 1 is 1.10 bits per heavy atom. The highest BCUT2D eigenvalue weighted by molar-refractivity contribution is 6.33. The predicted molar refractivity (Wildman–Crippen MR) is 104 cm³/mol. The maximum absolute atomic E-state index is 12.7. The Morgan fingerprint density at radius 2 is 1.84 bits per heavy atom. The second kappa shape index (κ2) is 8.06. The summed E-state index contributed by atoms with van der Waals surface area (Å²) in [7, 11) is 0. The van der Waals surface area contributed by atoms with Gasteiger partial charge in [-0.3, -0.25) is 9.59 Å². The molecule has 8 nitrogen and oxygen atoms in total. The van der Waals surface area contributed by atoms with Gasteiger partial charge in [0.1, 0.15) is 5.02 Å². The van der Waals surface area contributed by atoms with E-state index in [4.69, 9.17) is 16.0 Å². The molecule has 31 heavy (non-hydrogen) atoms. The third-order valence-corrected chi connectivity index (χ3v) is 5.19. The standard InChI is InChI=1S/C19H15ClF3N5O3/c20-16-13(26-5-7-27(8-6-26)17(29)14-2-1-9-31-14)11-25-28(18(16)30)15-4-3-12(10-24-15)19(21,22)23/h1-4,9-11H,5-8H2. The van der Waals surface area contributed by atoms with E-state index in [9.17, 15) is 22.8 Å². The molecule has 12 heteroatoms. The minimum Gasteiger partial charge on any atom is -0.459 e. The molecule has 1 fully saturated rings. The predicted octanol–water partition coefficient (Wildman–Crippen LogP) is 2.86. The van der Waals surface area contributed by atoms with Crippen molar-refractivity contribution in [2.24, 2.45) is 0 Å². The van der Waals surface area contributed by atoms with Crippen LogP contribution in [0.1, 0.15) is 16.1 Å². The van der Waals surface area contributed by atoms with Gasteiger partial charge in [-0.2, -0.15) is 23.0 Å². The molecule has 0 unspecified atom stereocenters. The van der Waals surface area contributed by atoms with Gasteiger partial charge in [0.2, 0.25) is 0 Å². The average molecular weight is 454 g/mol. The van der Waals surface area contributed by atoms with Crippen LogP contribution >= 0.6 is 11.6 Å². The summed E-state index contributed by atoms with van der Waals surface area (Å²) in [5, 5.41) is 3.87. The molecule has 0 aliphatic carbocycles. The molecular weight excluding hydrogens is 439 g/mol. The maximum Gasteiger partial charge on any atom is 0.417 e. The number of hydrogen-bond donors (Lipinski definition) is 0. The second-order valence-corrected chi connectivity index (χ2v) is 7.10. The van der Waals surface area contributed by atoms with Crippen LogP contribution < -0.4 is 10.5 Å². The lowest BCUT2D eigenvalue weighted by molar-refractivity contribution is -0.137. The lowest BCUT2D eigenvalue weighted by atomic mass is 10.2. The smallest absolute Gasteiger partial charge is 0.417 e. The van der Waals surface area contributed by atoms with E-state index in [1.807, 2.05) is 4.90 Å². The monoisotopic (exact) mass is 453 g/mol. The normalized spacial score (nSPS) is 14.7. The van der Waals surface area contributed by atoms with Crippen LogP contribution in [0.15, 0.2) is 52.1 Å². The van der Waals surface area contributed by atoms with Crippen LogP contribution in [-0.4, -0.2) is 51.8 Å². The Hall–Kier alpha value is -3.34. The molecule has 162 valence electrons. The number of furan rings is 1. The fraction of sp³-hybridized carbons (Fsp3) is 0.263. The van der Waals surface area contributed by atoms with Crippen molar-refractivity contribution in [3.8, 4) is 5.82 Å². The number of carbonyl (C=O) groups excluding carboxylic acids is 1. The van der Waals surface area contributed by atoms with Crippen molar-refractivity contribution in [2.45, 2.75) is 6.18 Å². The summed E-state index contributed by atoms with van der Waals surface area (Å²) in [6.45, 7) is 1.60. The van der Waals surface area contributed by atoms with Crippen molar-refractivity contribution in [3.05, 3.63) is 69.6 Å². The molecule has 1 aliphatic heterocycles. The molecule has 0 saturated carbocycles. The van der Waals surface area contributed by atoms with E-state index in [1.165, 1.54) is 12.5 Å². The van der Waals surface area contributed by atoms with Crippen molar-refractivity contribution < 1.29 is 22.4 Å². The third-order valence-electron chi connectivity index (χ3n) is 4.83. The van der Waals surface area contributed by atoms with Crippen molar-refractivity contribution in [3.63, 3.8) is 0 Å². The van der Waals surface area contributed by atoms with Crippen LogP contribution in [0.3, 0.4) is 0 Å². The van der Waals surface area contributed by atoms with E-state index in [-0.39, 0.29) is 22.5 Å². The number of pyridine rings is 1. The topological polar surface area (TPSA) is 84.5 Å². The number of rotatable bonds is 3. The second-order valence-electron chi connectivity index (χ2n) is 6.72. The van der Waals surface area contributed by atoms with Gasteiger partial charge in [-0.15, -0.1) is 0 Å². The van der Waals surface area contributed by atoms with Crippen LogP contribution in [0.4, 0.5) is 18.9 Å². The molecule has 1 saturated heterocycles. The lowest BCUT2D eigenvalue weighted by Gasteiger charge is -2.35. The highest BCUT2D eigenvalue weighted by Gasteiger charge is 2.31. The van der Waals surface area contributed by atoms with Gasteiger partial charge in [0, 0.05) is 32.4 Å². The average Bonchev–Trinajstić information content (AvgIpc) is 3.30. The number of halogens is 4. The Kier molecular flexibility index (Phi) is 5.44. The van der Waals surface area contributed by atoms with Gasteiger partial charge >= 0.3 is 6.18 Å². The number of aromatic nitrogens is 3. The van der Waals surface area contributed by atoms with Crippen molar-refractivity contribution in [1.29, 1.82) is 0 Å². The molecule has 3 aromatic rings. The lowest BCUT2D eigenvalue weighted by Crippen LogP contribution is -2.49. The molecular formula is C19H15ClF3N5O3. The van der Waals surface area contributed by atoms with Crippen LogP contribution in [0.5, 0.6) is 0 Å². The molecule has 0 spiro atoms. The summed E-state index contributed by atoms with van der Waals surface area (Å²) in [5.74, 6) is -0.0576. The maximum atomic E-state index is 12.7. The van der Waals surface area contributed by atoms with Crippen LogP contribution in [0, 0.1) is 0 Å². The molecule has 0 aromatic carbocycles. The molecule has 4 heterocycles. The van der Waals surface area contributed by atoms with E-state index in [1.54, 1.807) is 17.0 Å². The first-order chi connectivity index (χ1) is 14.8. The summed E-state index contributed by atoms with van der Waals surface area (Å²) in [4.78, 5) is 32.1. The Labute approximate surface area is 178 Å². The zero-order chi connectivity index (χ0) is 22.2. The fourth-order valence-electron chi connectivity index (χ4n) is 3.19. The molecule has 0 bridgehead atoms. The number of piperazine rings is 1. The molecule has 0 radical (unpaired) electrons. The Morgan fingerprint density at radius 3 is 2.42 bits per heavy atom. The van der Waals surface area contributed by atoms with Crippen LogP contribution in [0.25, 0.3) is 5.82 Å². The van der Waals surface area contributed by atoms with Crippen LogP contribution in [0.2, 0.25) is 5.02 Å². The van der Waals surface area contributed by atoms with Gasteiger partial charge in [-0.1, -0.05) is 11.6 Å². The molecule has 1 amide bonds. The van der Waals surface area contributed by atoms with Gasteiger partial charge in [0.25, 0.3) is 11.5 Å². The summed E-state index contributed by atoms with van der Waals surface area (Å²) < 4.78 is 44.1. The minimum atomic E-state index is -4.54. The van der Waals surface area contributed by atoms with Crippen molar-refractivity contribution in [2.75, 3.05) is 31.1 Å². The largest absolute Gasteiger partial charge is 0.459 e. The van der Waals surface area contributed by atoms with E-state index in [2.05, 4.69) is 10.1 Å². The first-order valence-corrected chi connectivity index (χ1v) is 9.52. The Bertz CT molecular complexity index is 1140. The van der Waals surface area contributed by atoms with E-state index >= 15 is 0 Å². The SMILES string of the molecule is O=C(c1ccco1)N1CCN(c2cnn(-c3ccc(C(F)(F)F)cn3)c(=O)c2Cl)CC1. The first-order valence-electron chi connectivity index (χ1n) is 9.15. The number of amides is 1. The van der Waals surface area contributed by atoms with Gasteiger partial charge in [0.15, 0.2) is 11.6 Å². The van der Waals surface area contributed by atoms with E-state index < -0.39 is 17.3 Å². The highest BCUT2D eigenvalue weighted by atomic mass is 35.5. The number of anilines is 1. The van der Waals surface area contributed by atoms with Crippen molar-refractivity contribution in [1.82, 2.24) is 19.7 Å². The summed E-state index contributed by atoms with van der Waals surface area (Å²) in [6.07, 6.45) is -1.13. The molecule has 3 aromatic heterocycles. The van der Waals surface area contributed by atoms with E-state index in [0.717, 1.165) is 16.8 Å². The molecule has 0 N–H and O–H groups in total. The summed E-state index contributed by atoms with van der Waals surface area (Å²) in [5.41, 5.74) is -1.27. The summed E-state index contributed by atoms with van der Waals surface area (Å²) >= 11 is 6.25. The van der Waals surface area contributed by atoms with Gasteiger partial charge in [-0.25, -0.2) is 4.98 Å². The third kappa shape index (κ3) is 4.13.